The Morgan fingerprint density at radius 3 is 2.72 bits per heavy atom. The van der Waals surface area contributed by atoms with Crippen LogP contribution >= 0.6 is 0 Å². The van der Waals surface area contributed by atoms with E-state index in [-0.39, 0.29) is 5.25 Å². The number of nitrogens with zero attached hydrogens (tertiary/aromatic N) is 2. The molecule has 1 aliphatic heterocycles. The highest BCUT2D eigenvalue weighted by Crippen LogP contribution is 2.35. The number of nitriles is 1. The third kappa shape index (κ3) is 3.99. The van der Waals surface area contributed by atoms with Crippen molar-refractivity contribution in [2.75, 3.05) is 13.2 Å². The van der Waals surface area contributed by atoms with E-state index < -0.39 is 16.8 Å². The van der Waals surface area contributed by atoms with Crippen LogP contribution in [0.1, 0.15) is 49.3 Å². The van der Waals surface area contributed by atoms with Gasteiger partial charge in [-0.3, -0.25) is 0 Å². The summed E-state index contributed by atoms with van der Waals surface area (Å²) in [4.78, 5) is 0. The molecule has 3 aromatic rings. The molecule has 0 amide bonds. The lowest BCUT2D eigenvalue weighted by Gasteiger charge is -2.25. The Labute approximate surface area is 189 Å². The second kappa shape index (κ2) is 9.14. The minimum absolute atomic E-state index is 0.260. The largest absolute Gasteiger partial charge is 0.381 e. The topological polar surface area (TPSA) is 67.0 Å². The zero-order chi connectivity index (χ0) is 22.1. The van der Waals surface area contributed by atoms with E-state index in [1.807, 2.05) is 18.2 Å². The van der Waals surface area contributed by atoms with E-state index in [9.17, 15) is 13.9 Å². The second-order valence-electron chi connectivity index (χ2n) is 8.58. The van der Waals surface area contributed by atoms with E-state index in [2.05, 4.69) is 21.6 Å². The number of hydrogen-bond acceptors (Lipinski definition) is 3. The highest BCUT2D eigenvalue weighted by molar-refractivity contribution is 7.83. The van der Waals surface area contributed by atoms with Gasteiger partial charge in [-0.05, 0) is 55.0 Å². The van der Waals surface area contributed by atoms with E-state index in [0.717, 1.165) is 61.8 Å². The zero-order valence-corrected chi connectivity index (χ0v) is 18.7. The molecule has 5 nitrogen and oxygen atoms in total. The quantitative estimate of drug-likeness (QED) is 0.575. The highest BCUT2D eigenvalue weighted by atomic mass is 32.2. The summed E-state index contributed by atoms with van der Waals surface area (Å²) < 4.78 is 38.2. The van der Waals surface area contributed by atoms with Gasteiger partial charge >= 0.3 is 0 Å². The van der Waals surface area contributed by atoms with E-state index >= 15 is 0 Å². The number of nitrogens with one attached hydrogen (secondary N) is 1. The summed E-state index contributed by atoms with van der Waals surface area (Å²) in [5.41, 5.74) is 3.44. The zero-order valence-electron chi connectivity index (χ0n) is 17.9. The molecule has 1 aromatic heterocycles. The Hall–Kier alpha value is -2.53. The lowest BCUT2D eigenvalue weighted by atomic mass is 9.98. The molecular formula is C25H26FN3O2S. The summed E-state index contributed by atoms with van der Waals surface area (Å²) >= 11 is 0. The first-order valence-electron chi connectivity index (χ1n) is 11.2. The molecule has 0 bridgehead atoms. The summed E-state index contributed by atoms with van der Waals surface area (Å²) in [6.45, 7) is 1.96. The van der Waals surface area contributed by atoms with Crippen molar-refractivity contribution in [2.45, 2.75) is 49.9 Å². The predicted octanol–water partition coefficient (Wildman–Crippen LogP) is 4.98. The molecule has 0 spiro atoms. The lowest BCUT2D eigenvalue weighted by Crippen LogP contribution is -2.32. The average Bonchev–Trinajstić information content (AvgIpc) is 3.14. The Morgan fingerprint density at radius 2 is 2.00 bits per heavy atom. The van der Waals surface area contributed by atoms with Crippen LogP contribution in [0.5, 0.6) is 0 Å². The number of halogens is 1. The number of fused-ring (bicyclic) bond motifs is 1. The van der Waals surface area contributed by atoms with Crippen molar-refractivity contribution < 1.29 is 13.3 Å². The fourth-order valence-electron chi connectivity index (χ4n) is 4.65. The van der Waals surface area contributed by atoms with Crippen molar-refractivity contribution in [1.82, 2.24) is 9.29 Å². The molecule has 1 atom stereocenters. The predicted molar refractivity (Wildman–Crippen MR) is 124 cm³/mol. The molecular weight excluding hydrogens is 425 g/mol. The first kappa shape index (κ1) is 21.3. The van der Waals surface area contributed by atoms with Gasteiger partial charge in [-0.15, -0.1) is 0 Å². The molecule has 2 aromatic carbocycles. The first-order valence-corrected chi connectivity index (χ1v) is 12.4. The number of ether oxygens (including phenoxy) is 1. The molecule has 166 valence electrons. The molecule has 5 rings (SSSR count). The van der Waals surface area contributed by atoms with Crippen molar-refractivity contribution in [3.8, 4) is 17.2 Å². The van der Waals surface area contributed by atoms with Crippen LogP contribution in [0.25, 0.3) is 22.0 Å². The standard InChI is InChI=1S/C25H26FN3O2S/c26-23-6-1-3-18(14-27)25(23)17-7-8-22-19(15-28-32(30)21-4-2-5-21)16-29(24(22)13-17)20-9-11-31-12-10-20/h1,3,6-8,13,16,20-21,28H,2,4-5,9-12,15H2. The third-order valence-electron chi connectivity index (χ3n) is 6.68. The number of aromatic nitrogens is 1. The number of benzene rings is 2. The van der Waals surface area contributed by atoms with Crippen molar-refractivity contribution in [1.29, 1.82) is 5.26 Å². The van der Waals surface area contributed by atoms with Gasteiger partial charge in [0.15, 0.2) is 0 Å². The van der Waals surface area contributed by atoms with E-state index in [1.54, 1.807) is 12.1 Å². The molecule has 1 saturated carbocycles. The Morgan fingerprint density at radius 1 is 1.19 bits per heavy atom. The van der Waals surface area contributed by atoms with Crippen molar-refractivity contribution in [2.24, 2.45) is 0 Å². The van der Waals surface area contributed by atoms with Crippen LogP contribution in [0.3, 0.4) is 0 Å². The minimum Gasteiger partial charge on any atom is -0.381 e. The van der Waals surface area contributed by atoms with Gasteiger partial charge < -0.3 is 9.30 Å². The Bertz CT molecular complexity index is 1210. The van der Waals surface area contributed by atoms with Gasteiger partial charge in [0.1, 0.15) is 5.82 Å². The van der Waals surface area contributed by atoms with Gasteiger partial charge in [0.25, 0.3) is 0 Å². The molecule has 2 aliphatic rings. The fraction of sp³-hybridized carbons (Fsp3) is 0.400. The summed E-state index contributed by atoms with van der Waals surface area (Å²) in [7, 11) is -1.02. The van der Waals surface area contributed by atoms with Gasteiger partial charge in [-0.2, -0.15) is 5.26 Å². The van der Waals surface area contributed by atoms with Crippen LogP contribution in [0, 0.1) is 17.1 Å². The number of rotatable bonds is 6. The van der Waals surface area contributed by atoms with Gasteiger partial charge in [-0.25, -0.2) is 13.3 Å². The molecule has 0 radical (unpaired) electrons. The maximum atomic E-state index is 14.7. The first-order chi connectivity index (χ1) is 15.7. The SMILES string of the molecule is N#Cc1cccc(F)c1-c1ccc2c(CNS(=O)C3CCC3)cn(C3CCOCC3)c2c1. The molecule has 7 heteroatoms. The van der Waals surface area contributed by atoms with Crippen molar-refractivity contribution >= 4 is 21.9 Å². The van der Waals surface area contributed by atoms with Gasteiger partial charge in [0, 0.05) is 53.7 Å². The molecule has 2 fully saturated rings. The van der Waals surface area contributed by atoms with Crippen LogP contribution in [0.2, 0.25) is 0 Å². The Kier molecular flexibility index (Phi) is 6.09. The summed E-state index contributed by atoms with van der Waals surface area (Å²) in [6, 6.07) is 12.9. The van der Waals surface area contributed by atoms with Gasteiger partial charge in [-0.1, -0.05) is 24.6 Å². The molecule has 32 heavy (non-hydrogen) atoms. The summed E-state index contributed by atoms with van der Waals surface area (Å²) in [5, 5.41) is 10.8. The average molecular weight is 452 g/mol. The van der Waals surface area contributed by atoms with Crippen molar-refractivity contribution in [3.05, 3.63) is 59.5 Å². The molecule has 1 N–H and O–H groups in total. The maximum Gasteiger partial charge on any atom is 0.132 e. The lowest BCUT2D eigenvalue weighted by molar-refractivity contribution is 0.0707. The smallest absolute Gasteiger partial charge is 0.132 e. The van der Waals surface area contributed by atoms with E-state index in [4.69, 9.17) is 4.74 Å². The van der Waals surface area contributed by atoms with E-state index in [1.165, 1.54) is 6.07 Å². The normalized spacial score (nSPS) is 18.4. The van der Waals surface area contributed by atoms with Crippen LogP contribution in [0.4, 0.5) is 4.39 Å². The molecule has 1 aliphatic carbocycles. The second-order valence-corrected chi connectivity index (χ2v) is 10.1. The van der Waals surface area contributed by atoms with Gasteiger partial charge in [0.2, 0.25) is 0 Å². The Balaban J connectivity index is 1.56. The molecule has 1 saturated heterocycles. The minimum atomic E-state index is -1.02. The summed E-state index contributed by atoms with van der Waals surface area (Å²) in [6.07, 6.45) is 7.18. The molecule has 2 heterocycles. The highest BCUT2D eigenvalue weighted by Gasteiger charge is 2.25. The monoisotopic (exact) mass is 451 g/mol. The van der Waals surface area contributed by atoms with Crippen LogP contribution in [-0.4, -0.2) is 27.2 Å². The van der Waals surface area contributed by atoms with Crippen LogP contribution in [0.15, 0.2) is 42.6 Å². The summed E-state index contributed by atoms with van der Waals surface area (Å²) in [5.74, 6) is -0.398. The third-order valence-corrected chi connectivity index (χ3v) is 8.19. The van der Waals surface area contributed by atoms with Crippen LogP contribution in [-0.2, 0) is 22.3 Å². The molecule has 1 unspecified atom stereocenters. The van der Waals surface area contributed by atoms with E-state index in [0.29, 0.717) is 29.3 Å². The fourth-order valence-corrected chi connectivity index (χ4v) is 5.94. The maximum absolute atomic E-state index is 14.7. The van der Waals surface area contributed by atoms with Crippen molar-refractivity contribution in [3.63, 3.8) is 0 Å². The van der Waals surface area contributed by atoms with Gasteiger partial charge in [0.05, 0.1) is 22.6 Å². The number of hydrogen-bond donors (Lipinski definition) is 1. The van der Waals surface area contributed by atoms with Crippen LogP contribution < -0.4 is 4.72 Å².